The summed E-state index contributed by atoms with van der Waals surface area (Å²) in [5.74, 6) is 0.0382. The van der Waals surface area contributed by atoms with Crippen LogP contribution in [0.5, 0.6) is 11.5 Å². The minimum atomic E-state index is -0.0414. The van der Waals surface area contributed by atoms with E-state index in [1.54, 1.807) is 6.07 Å². The van der Waals surface area contributed by atoms with Crippen LogP contribution in [0.3, 0.4) is 0 Å². The molecule has 35 heavy (non-hydrogen) atoms. The molecule has 0 radical (unpaired) electrons. The number of carbonyl (C=O) groups is 1. The van der Waals surface area contributed by atoms with Gasteiger partial charge in [0.25, 0.3) is 0 Å². The van der Waals surface area contributed by atoms with Crippen molar-refractivity contribution in [1.82, 2.24) is 10.2 Å². The molecule has 1 amide bonds. The van der Waals surface area contributed by atoms with Crippen molar-refractivity contribution in [3.63, 3.8) is 0 Å². The van der Waals surface area contributed by atoms with Gasteiger partial charge in [-0.25, -0.2) is 0 Å². The van der Waals surface area contributed by atoms with Gasteiger partial charge in [0.05, 0.1) is 0 Å². The van der Waals surface area contributed by atoms with Gasteiger partial charge in [-0.1, -0.05) is 38.0 Å². The van der Waals surface area contributed by atoms with Crippen molar-refractivity contribution in [1.29, 1.82) is 0 Å². The summed E-state index contributed by atoms with van der Waals surface area (Å²) in [6.45, 7) is 8.06. The Morgan fingerprint density at radius 1 is 1.00 bits per heavy atom. The summed E-state index contributed by atoms with van der Waals surface area (Å²) in [5, 5.41) is 26.3. The van der Waals surface area contributed by atoms with Crippen LogP contribution < -0.4 is 10.6 Å². The van der Waals surface area contributed by atoms with Crippen LogP contribution in [0, 0.1) is 0 Å². The summed E-state index contributed by atoms with van der Waals surface area (Å²) >= 11 is 0. The summed E-state index contributed by atoms with van der Waals surface area (Å²) in [5.41, 5.74) is 4.25. The molecule has 1 atom stereocenters. The third-order valence-electron chi connectivity index (χ3n) is 6.98. The van der Waals surface area contributed by atoms with Crippen LogP contribution in [-0.2, 0) is 24.1 Å². The maximum atomic E-state index is 11.1. The zero-order valence-corrected chi connectivity index (χ0v) is 21.5. The first-order chi connectivity index (χ1) is 17.0. The average Bonchev–Trinajstić information content (AvgIpc) is 2.85. The van der Waals surface area contributed by atoms with Crippen molar-refractivity contribution in [2.24, 2.45) is 0 Å². The largest absolute Gasteiger partial charge is 0.504 e. The third kappa shape index (κ3) is 8.55. The van der Waals surface area contributed by atoms with Gasteiger partial charge in [-0.15, -0.1) is 0 Å². The molecule has 0 heterocycles. The maximum Gasteiger partial charge on any atom is 0.221 e. The van der Waals surface area contributed by atoms with Gasteiger partial charge in [-0.2, -0.15) is 0 Å². The molecule has 0 fully saturated rings. The number of phenols is 2. The fraction of sp³-hybridized carbons (Fsp3) is 0.552. The summed E-state index contributed by atoms with van der Waals surface area (Å²) in [6.07, 6.45) is 9.93. The van der Waals surface area contributed by atoms with E-state index in [0.29, 0.717) is 6.04 Å². The molecule has 0 unspecified atom stereocenters. The van der Waals surface area contributed by atoms with Gasteiger partial charge in [0.15, 0.2) is 11.5 Å². The van der Waals surface area contributed by atoms with Gasteiger partial charge in [0.2, 0.25) is 5.91 Å². The minimum Gasteiger partial charge on any atom is -0.504 e. The molecule has 2 aromatic carbocycles. The first-order valence-corrected chi connectivity index (χ1v) is 13.3. The van der Waals surface area contributed by atoms with Gasteiger partial charge < -0.3 is 25.7 Å². The maximum absolute atomic E-state index is 11.1. The molecule has 6 heteroatoms. The molecule has 6 nitrogen and oxygen atoms in total. The van der Waals surface area contributed by atoms with Crippen LogP contribution in [-0.4, -0.2) is 53.2 Å². The van der Waals surface area contributed by atoms with Gasteiger partial charge in [-0.3, -0.25) is 4.79 Å². The van der Waals surface area contributed by atoms with Crippen molar-refractivity contribution < 1.29 is 15.0 Å². The highest BCUT2D eigenvalue weighted by Crippen LogP contribution is 2.36. The zero-order valence-electron chi connectivity index (χ0n) is 21.5. The molecule has 0 aliphatic heterocycles. The minimum absolute atomic E-state index is 0.000500. The van der Waals surface area contributed by atoms with Crippen LogP contribution >= 0.6 is 0 Å². The summed E-state index contributed by atoms with van der Waals surface area (Å²) in [4.78, 5) is 13.7. The molecule has 192 valence electrons. The number of nitrogens with one attached hydrogen (secondary N) is 2. The van der Waals surface area contributed by atoms with E-state index in [0.717, 1.165) is 69.5 Å². The SMILES string of the molecule is CCCN(CCCCCCNCCc1ccc(NC(C)=O)cc1)[C@H]1CCc2c(ccc(O)c2O)C1. The predicted octanol–water partition coefficient (Wildman–Crippen LogP) is 5.02. The smallest absolute Gasteiger partial charge is 0.221 e. The molecule has 0 saturated heterocycles. The van der Waals surface area contributed by atoms with Crippen LogP contribution in [0.1, 0.15) is 69.1 Å². The van der Waals surface area contributed by atoms with Crippen LogP contribution in [0.2, 0.25) is 0 Å². The molecular weight excluding hydrogens is 438 g/mol. The molecule has 0 saturated carbocycles. The molecular formula is C29H43N3O3. The second-order valence-electron chi connectivity index (χ2n) is 9.80. The quantitative estimate of drug-likeness (QED) is 0.225. The topological polar surface area (TPSA) is 84.8 Å². The first kappa shape index (κ1) is 27.0. The van der Waals surface area contributed by atoms with Crippen molar-refractivity contribution in [3.8, 4) is 11.5 Å². The number of rotatable bonds is 14. The van der Waals surface area contributed by atoms with Crippen LogP contribution in [0.4, 0.5) is 5.69 Å². The number of aromatic hydroxyl groups is 2. The van der Waals surface area contributed by atoms with Gasteiger partial charge in [0.1, 0.15) is 0 Å². The second kappa shape index (κ2) is 14.1. The highest BCUT2D eigenvalue weighted by molar-refractivity contribution is 5.88. The van der Waals surface area contributed by atoms with E-state index in [-0.39, 0.29) is 17.4 Å². The Kier molecular flexibility index (Phi) is 10.9. The van der Waals surface area contributed by atoms with E-state index in [4.69, 9.17) is 0 Å². The van der Waals surface area contributed by atoms with Gasteiger partial charge in [0, 0.05) is 24.2 Å². The lowest BCUT2D eigenvalue weighted by Gasteiger charge is -2.35. The van der Waals surface area contributed by atoms with Crippen molar-refractivity contribution >= 4 is 11.6 Å². The lowest BCUT2D eigenvalue weighted by atomic mass is 9.86. The molecule has 3 rings (SSSR count). The second-order valence-corrected chi connectivity index (χ2v) is 9.80. The lowest BCUT2D eigenvalue weighted by molar-refractivity contribution is -0.114. The standard InChI is InChI=1S/C29H43N3O3/c1-3-19-32(26-13-14-27-24(21-26)10-15-28(34)29(27)35)20-7-5-4-6-17-30-18-16-23-8-11-25(12-9-23)31-22(2)33/h8-12,15,26,30,34-35H,3-7,13-14,16-21H2,1-2H3,(H,31,33)/t26-/m0/s1. The van der Waals surface area contributed by atoms with Crippen LogP contribution in [0.15, 0.2) is 36.4 Å². The number of amides is 1. The van der Waals surface area contributed by atoms with E-state index in [1.807, 2.05) is 18.2 Å². The van der Waals surface area contributed by atoms with Crippen LogP contribution in [0.25, 0.3) is 0 Å². The number of benzene rings is 2. The van der Waals surface area contributed by atoms with Gasteiger partial charge >= 0.3 is 0 Å². The number of hydrogen-bond acceptors (Lipinski definition) is 5. The van der Waals surface area contributed by atoms with E-state index in [9.17, 15) is 15.0 Å². The zero-order chi connectivity index (χ0) is 25.0. The van der Waals surface area contributed by atoms with E-state index < -0.39 is 0 Å². The number of carbonyl (C=O) groups excluding carboxylic acids is 1. The Morgan fingerprint density at radius 2 is 1.77 bits per heavy atom. The molecule has 2 aromatic rings. The molecule has 0 aromatic heterocycles. The number of fused-ring (bicyclic) bond motifs is 1. The number of phenolic OH excluding ortho intramolecular Hbond substituents is 2. The Bertz CT molecular complexity index is 930. The Morgan fingerprint density at radius 3 is 2.51 bits per heavy atom. The Balaban J connectivity index is 1.28. The third-order valence-corrected chi connectivity index (χ3v) is 6.98. The van der Waals surface area contributed by atoms with E-state index in [1.165, 1.54) is 43.7 Å². The number of hydrogen-bond donors (Lipinski definition) is 4. The molecule has 0 spiro atoms. The summed E-state index contributed by atoms with van der Waals surface area (Å²) in [7, 11) is 0. The normalized spacial score (nSPS) is 15.2. The predicted molar refractivity (Wildman–Crippen MR) is 143 cm³/mol. The summed E-state index contributed by atoms with van der Waals surface area (Å²) in [6, 6.07) is 12.2. The average molecular weight is 482 g/mol. The molecule has 1 aliphatic rings. The van der Waals surface area contributed by atoms with E-state index >= 15 is 0 Å². The molecule has 1 aliphatic carbocycles. The van der Waals surface area contributed by atoms with Crippen molar-refractivity contribution in [2.45, 2.75) is 77.7 Å². The first-order valence-electron chi connectivity index (χ1n) is 13.3. The highest BCUT2D eigenvalue weighted by atomic mass is 16.3. The molecule has 4 N–H and O–H groups in total. The number of anilines is 1. The monoisotopic (exact) mass is 481 g/mol. The van der Waals surface area contributed by atoms with E-state index in [2.05, 4.69) is 34.6 Å². The molecule has 0 bridgehead atoms. The number of unbranched alkanes of at least 4 members (excludes halogenated alkanes) is 3. The van der Waals surface area contributed by atoms with Crippen molar-refractivity contribution in [3.05, 3.63) is 53.1 Å². The fourth-order valence-corrected chi connectivity index (χ4v) is 5.11. The lowest BCUT2D eigenvalue weighted by Crippen LogP contribution is -2.40. The highest BCUT2D eigenvalue weighted by Gasteiger charge is 2.26. The fourth-order valence-electron chi connectivity index (χ4n) is 5.11. The van der Waals surface area contributed by atoms with Gasteiger partial charge in [-0.05, 0) is 100 Å². The Hall–Kier alpha value is -2.57. The Labute approximate surface area is 210 Å². The van der Waals surface area contributed by atoms with Crippen molar-refractivity contribution in [2.75, 3.05) is 31.5 Å². The number of nitrogens with zero attached hydrogens (tertiary/aromatic N) is 1. The summed E-state index contributed by atoms with van der Waals surface area (Å²) < 4.78 is 0.